The van der Waals surface area contributed by atoms with Crippen LogP contribution in [0.4, 0.5) is 0 Å². The zero-order valence-electron chi connectivity index (χ0n) is 11.0. The van der Waals surface area contributed by atoms with Gasteiger partial charge in [0.05, 0.1) is 0 Å². The largest absolute Gasteiger partial charge is 0.326 e. The molecule has 0 bridgehead atoms. The highest BCUT2D eigenvalue weighted by molar-refractivity contribution is 7.07. The van der Waals surface area contributed by atoms with E-state index in [2.05, 4.69) is 35.6 Å². The van der Waals surface area contributed by atoms with E-state index in [4.69, 9.17) is 5.73 Å². The summed E-state index contributed by atoms with van der Waals surface area (Å²) >= 11 is 1.76. The summed E-state index contributed by atoms with van der Waals surface area (Å²) in [4.78, 5) is 2.58. The fourth-order valence-corrected chi connectivity index (χ4v) is 3.30. The second-order valence-electron chi connectivity index (χ2n) is 5.64. The fourth-order valence-electron chi connectivity index (χ4n) is 2.62. The van der Waals surface area contributed by atoms with Crippen LogP contribution in [0.1, 0.15) is 38.7 Å². The third kappa shape index (κ3) is 3.09. The minimum Gasteiger partial charge on any atom is -0.326 e. The van der Waals surface area contributed by atoms with Gasteiger partial charge < -0.3 is 5.73 Å². The van der Waals surface area contributed by atoms with E-state index in [1.807, 2.05) is 0 Å². The van der Waals surface area contributed by atoms with E-state index in [0.29, 0.717) is 0 Å². The number of nitrogens with zero attached hydrogens (tertiary/aromatic N) is 1. The standard InChI is InChI=1S/C14H24N2S/c1-14(2,16-7-4-3-5-8-16)13(15)10-12-6-9-17-11-12/h6,9,11,13H,3-5,7-8,10,15H2,1-2H3. The van der Waals surface area contributed by atoms with Crippen LogP contribution in [-0.2, 0) is 6.42 Å². The fraction of sp³-hybridized carbons (Fsp3) is 0.714. The van der Waals surface area contributed by atoms with Gasteiger partial charge in [0, 0.05) is 11.6 Å². The smallest absolute Gasteiger partial charge is 0.0307 e. The van der Waals surface area contributed by atoms with Gasteiger partial charge in [0.1, 0.15) is 0 Å². The van der Waals surface area contributed by atoms with Crippen molar-refractivity contribution in [1.82, 2.24) is 4.90 Å². The Hall–Kier alpha value is -0.380. The molecule has 0 amide bonds. The maximum absolute atomic E-state index is 6.44. The average Bonchev–Trinajstić information content (AvgIpc) is 2.83. The minimum absolute atomic E-state index is 0.113. The first-order valence-corrected chi connectivity index (χ1v) is 7.56. The van der Waals surface area contributed by atoms with Crippen molar-refractivity contribution in [3.63, 3.8) is 0 Å². The number of hydrogen-bond acceptors (Lipinski definition) is 3. The number of nitrogens with two attached hydrogens (primary N) is 1. The zero-order chi connectivity index (χ0) is 12.3. The number of piperidine rings is 1. The van der Waals surface area contributed by atoms with Crippen LogP contribution < -0.4 is 5.73 Å². The molecule has 0 saturated carbocycles. The molecule has 0 aliphatic carbocycles. The summed E-state index contributed by atoms with van der Waals surface area (Å²) in [5.41, 5.74) is 7.93. The molecule has 96 valence electrons. The Kier molecular flexibility index (Phi) is 4.23. The van der Waals surface area contributed by atoms with Crippen molar-refractivity contribution in [2.45, 2.75) is 51.1 Å². The lowest BCUT2D eigenvalue weighted by Gasteiger charge is -2.44. The van der Waals surface area contributed by atoms with E-state index in [1.165, 1.54) is 37.9 Å². The maximum atomic E-state index is 6.44. The molecule has 0 radical (unpaired) electrons. The second kappa shape index (κ2) is 5.51. The minimum atomic E-state index is 0.113. The van der Waals surface area contributed by atoms with Crippen LogP contribution in [0, 0.1) is 0 Å². The molecule has 2 rings (SSSR count). The molecule has 1 aliphatic rings. The summed E-state index contributed by atoms with van der Waals surface area (Å²) in [5, 5.41) is 4.35. The Labute approximate surface area is 109 Å². The predicted molar refractivity (Wildman–Crippen MR) is 75.5 cm³/mol. The zero-order valence-corrected chi connectivity index (χ0v) is 11.8. The Bertz CT molecular complexity index is 326. The van der Waals surface area contributed by atoms with Crippen molar-refractivity contribution >= 4 is 11.3 Å². The normalized spacial score (nSPS) is 20.4. The molecule has 2 N–H and O–H groups in total. The van der Waals surface area contributed by atoms with Gasteiger partial charge in [-0.2, -0.15) is 11.3 Å². The van der Waals surface area contributed by atoms with E-state index in [9.17, 15) is 0 Å². The van der Waals surface area contributed by atoms with Gasteiger partial charge in [-0.3, -0.25) is 4.90 Å². The van der Waals surface area contributed by atoms with Gasteiger partial charge in [0.15, 0.2) is 0 Å². The number of likely N-dealkylation sites (tertiary alicyclic amines) is 1. The predicted octanol–water partition coefficient (Wildman–Crippen LogP) is 2.88. The monoisotopic (exact) mass is 252 g/mol. The molecule has 1 aliphatic heterocycles. The van der Waals surface area contributed by atoms with Crippen molar-refractivity contribution in [3.05, 3.63) is 22.4 Å². The van der Waals surface area contributed by atoms with Gasteiger partial charge in [-0.05, 0) is 68.6 Å². The SMILES string of the molecule is CC(C)(C(N)Cc1ccsc1)N1CCCCC1. The Balaban J connectivity index is 1.98. The van der Waals surface area contributed by atoms with Crippen LogP contribution in [0.5, 0.6) is 0 Å². The molecule has 1 unspecified atom stereocenters. The van der Waals surface area contributed by atoms with Crippen molar-refractivity contribution in [2.75, 3.05) is 13.1 Å². The molecule has 1 aromatic rings. The van der Waals surface area contributed by atoms with Crippen molar-refractivity contribution in [2.24, 2.45) is 5.73 Å². The molecule has 0 aromatic carbocycles. The topological polar surface area (TPSA) is 29.3 Å². The van der Waals surface area contributed by atoms with Gasteiger partial charge in [-0.1, -0.05) is 6.42 Å². The van der Waals surface area contributed by atoms with Gasteiger partial charge in [-0.25, -0.2) is 0 Å². The highest BCUT2D eigenvalue weighted by Gasteiger charge is 2.33. The molecule has 1 atom stereocenters. The summed E-state index contributed by atoms with van der Waals surface area (Å²) in [5.74, 6) is 0. The molecular formula is C14H24N2S. The van der Waals surface area contributed by atoms with Gasteiger partial charge in [0.2, 0.25) is 0 Å². The molecule has 1 aromatic heterocycles. The van der Waals surface area contributed by atoms with Gasteiger partial charge in [0.25, 0.3) is 0 Å². The number of rotatable bonds is 4. The Morgan fingerprint density at radius 1 is 1.35 bits per heavy atom. The Morgan fingerprint density at radius 2 is 2.06 bits per heavy atom. The van der Waals surface area contributed by atoms with E-state index < -0.39 is 0 Å². The summed E-state index contributed by atoms with van der Waals surface area (Å²) in [7, 11) is 0. The third-order valence-electron chi connectivity index (χ3n) is 4.11. The van der Waals surface area contributed by atoms with E-state index in [-0.39, 0.29) is 11.6 Å². The molecule has 17 heavy (non-hydrogen) atoms. The van der Waals surface area contributed by atoms with Crippen LogP contribution >= 0.6 is 11.3 Å². The second-order valence-corrected chi connectivity index (χ2v) is 6.42. The van der Waals surface area contributed by atoms with Crippen LogP contribution in [0.3, 0.4) is 0 Å². The lowest BCUT2D eigenvalue weighted by atomic mass is 9.87. The van der Waals surface area contributed by atoms with E-state index in [1.54, 1.807) is 11.3 Å². The van der Waals surface area contributed by atoms with Crippen molar-refractivity contribution in [3.8, 4) is 0 Å². The summed E-state index contributed by atoms with van der Waals surface area (Å²) in [6.45, 7) is 7.03. The molecular weight excluding hydrogens is 228 g/mol. The van der Waals surface area contributed by atoms with Crippen LogP contribution in [0.2, 0.25) is 0 Å². The molecule has 1 fully saturated rings. The average molecular weight is 252 g/mol. The molecule has 0 spiro atoms. The first-order valence-electron chi connectivity index (χ1n) is 6.62. The lowest BCUT2D eigenvalue weighted by Crippen LogP contribution is -2.58. The van der Waals surface area contributed by atoms with Crippen molar-refractivity contribution < 1.29 is 0 Å². The van der Waals surface area contributed by atoms with Crippen molar-refractivity contribution in [1.29, 1.82) is 0 Å². The highest BCUT2D eigenvalue weighted by atomic mass is 32.1. The van der Waals surface area contributed by atoms with E-state index >= 15 is 0 Å². The first kappa shape index (κ1) is 13.1. The van der Waals surface area contributed by atoms with Crippen LogP contribution in [0.25, 0.3) is 0 Å². The number of hydrogen-bond donors (Lipinski definition) is 1. The lowest BCUT2D eigenvalue weighted by molar-refractivity contribution is 0.0731. The first-order chi connectivity index (χ1) is 8.10. The summed E-state index contributed by atoms with van der Waals surface area (Å²) in [6.07, 6.45) is 5.03. The molecule has 3 heteroatoms. The van der Waals surface area contributed by atoms with Crippen LogP contribution in [0.15, 0.2) is 16.8 Å². The summed E-state index contributed by atoms with van der Waals surface area (Å²) in [6, 6.07) is 2.41. The maximum Gasteiger partial charge on any atom is 0.0307 e. The van der Waals surface area contributed by atoms with Crippen LogP contribution in [-0.4, -0.2) is 29.6 Å². The van der Waals surface area contributed by atoms with Gasteiger partial charge >= 0.3 is 0 Å². The quantitative estimate of drug-likeness (QED) is 0.893. The summed E-state index contributed by atoms with van der Waals surface area (Å²) < 4.78 is 0. The van der Waals surface area contributed by atoms with Gasteiger partial charge in [-0.15, -0.1) is 0 Å². The molecule has 2 nitrogen and oxygen atoms in total. The van der Waals surface area contributed by atoms with E-state index in [0.717, 1.165) is 6.42 Å². The highest BCUT2D eigenvalue weighted by Crippen LogP contribution is 2.25. The Morgan fingerprint density at radius 3 is 2.65 bits per heavy atom. The third-order valence-corrected chi connectivity index (χ3v) is 4.85. The molecule has 1 saturated heterocycles. The number of thiophene rings is 1. The molecule has 2 heterocycles.